The number of carbonyl (C=O) groups excluding carboxylic acids is 1. The number of rotatable bonds is 6. The van der Waals surface area contributed by atoms with E-state index in [2.05, 4.69) is 22.5 Å². The van der Waals surface area contributed by atoms with Crippen molar-refractivity contribution in [3.8, 4) is 5.75 Å². The molecule has 1 fully saturated rings. The van der Waals surface area contributed by atoms with E-state index < -0.39 is 4.92 Å². The van der Waals surface area contributed by atoms with E-state index in [9.17, 15) is 14.9 Å². The van der Waals surface area contributed by atoms with Crippen molar-refractivity contribution in [3.63, 3.8) is 0 Å². The van der Waals surface area contributed by atoms with Crippen molar-refractivity contribution in [2.24, 2.45) is 0 Å². The Bertz CT molecular complexity index is 635. The molecule has 0 aromatic heterocycles. The molecule has 0 saturated carbocycles. The molecule has 0 aliphatic carbocycles. The van der Waals surface area contributed by atoms with Crippen LogP contribution in [0.3, 0.4) is 0 Å². The molecule has 1 aromatic carbocycles. The molecule has 1 unspecified atom stereocenters. The summed E-state index contributed by atoms with van der Waals surface area (Å²) < 4.78 is 5.27. The van der Waals surface area contributed by atoms with Gasteiger partial charge in [0.15, 0.2) is 0 Å². The lowest BCUT2D eigenvalue weighted by atomic mass is 10.1. The maximum Gasteiger partial charge on any atom is 0.293 e. The minimum absolute atomic E-state index is 0.0303. The van der Waals surface area contributed by atoms with Gasteiger partial charge in [0.25, 0.3) is 11.6 Å². The number of likely N-dealkylation sites (tertiary alicyclic amines) is 1. The lowest BCUT2D eigenvalue weighted by Gasteiger charge is -2.24. The molecule has 0 radical (unpaired) electrons. The molecule has 1 amide bonds. The molecular formula is C17H26N4O4. The Labute approximate surface area is 147 Å². The zero-order chi connectivity index (χ0) is 18.4. The lowest BCUT2D eigenvalue weighted by Crippen LogP contribution is -2.42. The van der Waals surface area contributed by atoms with Crippen LogP contribution in [0.4, 0.5) is 11.4 Å². The van der Waals surface area contributed by atoms with Crippen LogP contribution in [0.25, 0.3) is 0 Å². The summed E-state index contributed by atoms with van der Waals surface area (Å²) in [4.78, 5) is 25.8. The van der Waals surface area contributed by atoms with Crippen LogP contribution < -0.4 is 15.4 Å². The smallest absolute Gasteiger partial charge is 0.293 e. The fourth-order valence-electron chi connectivity index (χ4n) is 3.15. The summed E-state index contributed by atoms with van der Waals surface area (Å²) in [6.07, 6.45) is 3.07. The molecule has 0 spiro atoms. The highest BCUT2D eigenvalue weighted by Gasteiger charge is 2.25. The summed E-state index contributed by atoms with van der Waals surface area (Å²) in [6.45, 7) is 4.88. The standard InChI is InChI=1S/C17H26N4O4/c1-4-20-8-6-5-7-12(11-20)19-17(22)13-9-15(21(23)24)14(18-2)10-16(13)25-3/h9-10,12,18H,4-8,11H2,1-3H3,(H,19,22). The molecule has 1 saturated heterocycles. The van der Waals surface area contributed by atoms with Gasteiger partial charge >= 0.3 is 0 Å². The summed E-state index contributed by atoms with van der Waals surface area (Å²) >= 11 is 0. The van der Waals surface area contributed by atoms with Crippen molar-refractivity contribution in [2.75, 3.05) is 39.1 Å². The first-order valence-corrected chi connectivity index (χ1v) is 8.57. The van der Waals surface area contributed by atoms with Crippen LogP contribution in [-0.4, -0.2) is 55.6 Å². The van der Waals surface area contributed by atoms with E-state index in [1.54, 1.807) is 7.05 Å². The van der Waals surface area contributed by atoms with E-state index in [0.29, 0.717) is 11.4 Å². The maximum absolute atomic E-state index is 12.7. The zero-order valence-electron chi connectivity index (χ0n) is 15.0. The van der Waals surface area contributed by atoms with Gasteiger partial charge in [-0.3, -0.25) is 14.9 Å². The molecule has 1 aliphatic heterocycles. The largest absolute Gasteiger partial charge is 0.496 e. The predicted molar refractivity (Wildman–Crippen MR) is 96.4 cm³/mol. The van der Waals surface area contributed by atoms with Crippen LogP contribution in [0.1, 0.15) is 36.5 Å². The lowest BCUT2D eigenvalue weighted by molar-refractivity contribution is -0.384. The van der Waals surface area contributed by atoms with Gasteiger partial charge < -0.3 is 20.3 Å². The number of nitrogens with zero attached hydrogens (tertiary/aromatic N) is 2. The summed E-state index contributed by atoms with van der Waals surface area (Å²) in [7, 11) is 3.04. The molecule has 1 heterocycles. The van der Waals surface area contributed by atoms with Gasteiger partial charge in [-0.15, -0.1) is 0 Å². The number of ether oxygens (including phenoxy) is 1. The molecule has 2 rings (SSSR count). The van der Waals surface area contributed by atoms with Gasteiger partial charge in [0, 0.05) is 31.8 Å². The summed E-state index contributed by atoms with van der Waals surface area (Å²) in [6, 6.07) is 2.79. The third-order valence-electron chi connectivity index (χ3n) is 4.57. The number of benzene rings is 1. The number of hydrogen-bond donors (Lipinski definition) is 2. The number of anilines is 1. The minimum atomic E-state index is -0.507. The second-order valence-corrected chi connectivity index (χ2v) is 6.14. The van der Waals surface area contributed by atoms with Crippen molar-refractivity contribution in [1.29, 1.82) is 0 Å². The van der Waals surface area contributed by atoms with E-state index in [4.69, 9.17) is 4.74 Å². The quantitative estimate of drug-likeness (QED) is 0.603. The van der Waals surface area contributed by atoms with Crippen molar-refractivity contribution >= 4 is 17.3 Å². The van der Waals surface area contributed by atoms with Gasteiger partial charge in [0.1, 0.15) is 11.4 Å². The SMILES string of the molecule is CCN1CCCCC(NC(=O)c2cc([N+](=O)[O-])c(NC)cc2OC)C1. The van der Waals surface area contributed by atoms with E-state index in [1.807, 2.05) is 0 Å². The number of likely N-dealkylation sites (N-methyl/N-ethyl adjacent to an activating group) is 1. The van der Waals surface area contributed by atoms with Crippen LogP contribution in [-0.2, 0) is 0 Å². The van der Waals surface area contributed by atoms with Crippen LogP contribution in [0.15, 0.2) is 12.1 Å². The third-order valence-corrected chi connectivity index (χ3v) is 4.57. The second kappa shape index (κ2) is 8.66. The first-order chi connectivity index (χ1) is 12.0. The number of nitro groups is 1. The summed E-state index contributed by atoms with van der Waals surface area (Å²) in [5, 5.41) is 17.0. The zero-order valence-corrected chi connectivity index (χ0v) is 15.0. The molecule has 138 valence electrons. The molecule has 1 aromatic rings. The highest BCUT2D eigenvalue weighted by molar-refractivity contribution is 5.99. The molecule has 8 heteroatoms. The van der Waals surface area contributed by atoms with Gasteiger partial charge in [-0.25, -0.2) is 0 Å². The van der Waals surface area contributed by atoms with Crippen molar-refractivity contribution < 1.29 is 14.5 Å². The Kier molecular flexibility index (Phi) is 6.58. The van der Waals surface area contributed by atoms with Crippen LogP contribution in [0, 0.1) is 10.1 Å². The third kappa shape index (κ3) is 4.60. The highest BCUT2D eigenvalue weighted by atomic mass is 16.6. The minimum Gasteiger partial charge on any atom is -0.496 e. The van der Waals surface area contributed by atoms with Gasteiger partial charge in [0.2, 0.25) is 0 Å². The first kappa shape index (κ1) is 19.0. The normalized spacial score (nSPS) is 18.3. The summed E-state index contributed by atoms with van der Waals surface area (Å²) in [5.41, 5.74) is 0.343. The van der Waals surface area contributed by atoms with Crippen LogP contribution >= 0.6 is 0 Å². The first-order valence-electron chi connectivity index (χ1n) is 8.57. The Balaban J connectivity index is 2.25. The molecule has 1 aliphatic rings. The number of amides is 1. The Morgan fingerprint density at radius 1 is 1.44 bits per heavy atom. The predicted octanol–water partition coefficient (Wildman–Crippen LogP) is 2.25. The Morgan fingerprint density at radius 2 is 2.20 bits per heavy atom. The summed E-state index contributed by atoms with van der Waals surface area (Å²) in [5.74, 6) is -0.0287. The highest BCUT2D eigenvalue weighted by Crippen LogP contribution is 2.32. The van der Waals surface area contributed by atoms with Gasteiger partial charge in [-0.2, -0.15) is 0 Å². The van der Waals surface area contributed by atoms with Crippen LogP contribution in [0.2, 0.25) is 0 Å². The average Bonchev–Trinajstić information content (AvgIpc) is 2.85. The number of hydrogen-bond acceptors (Lipinski definition) is 6. The maximum atomic E-state index is 12.7. The van der Waals surface area contributed by atoms with E-state index >= 15 is 0 Å². The van der Waals surface area contributed by atoms with E-state index in [0.717, 1.165) is 38.9 Å². The van der Waals surface area contributed by atoms with Crippen molar-refractivity contribution in [2.45, 2.75) is 32.2 Å². The fraction of sp³-hybridized carbons (Fsp3) is 0.588. The average molecular weight is 350 g/mol. The monoisotopic (exact) mass is 350 g/mol. The number of nitrogens with one attached hydrogen (secondary N) is 2. The topological polar surface area (TPSA) is 96.7 Å². The molecule has 1 atom stereocenters. The Morgan fingerprint density at radius 3 is 2.80 bits per heavy atom. The van der Waals surface area contributed by atoms with Crippen molar-refractivity contribution in [3.05, 3.63) is 27.8 Å². The molecular weight excluding hydrogens is 324 g/mol. The number of nitro benzene ring substituents is 1. The number of methoxy groups -OCH3 is 1. The van der Waals surface area contributed by atoms with Gasteiger partial charge in [0.05, 0.1) is 17.6 Å². The molecule has 0 bridgehead atoms. The molecule has 25 heavy (non-hydrogen) atoms. The van der Waals surface area contributed by atoms with Crippen LogP contribution in [0.5, 0.6) is 5.75 Å². The van der Waals surface area contributed by atoms with Gasteiger partial charge in [-0.05, 0) is 25.9 Å². The Hall–Kier alpha value is -2.35. The van der Waals surface area contributed by atoms with E-state index in [-0.39, 0.29) is 23.2 Å². The fourth-order valence-corrected chi connectivity index (χ4v) is 3.15. The molecule has 8 nitrogen and oxygen atoms in total. The van der Waals surface area contributed by atoms with Crippen molar-refractivity contribution in [1.82, 2.24) is 10.2 Å². The number of carbonyl (C=O) groups is 1. The van der Waals surface area contributed by atoms with E-state index in [1.165, 1.54) is 19.2 Å². The van der Waals surface area contributed by atoms with Gasteiger partial charge in [-0.1, -0.05) is 13.3 Å². The molecule has 2 N–H and O–H groups in total. The second-order valence-electron chi connectivity index (χ2n) is 6.14.